The van der Waals surface area contributed by atoms with E-state index >= 15 is 0 Å². The number of carbonyl (C=O) groups excluding carboxylic acids is 1. The Morgan fingerprint density at radius 3 is 2.35 bits per heavy atom. The van der Waals surface area contributed by atoms with Crippen LogP contribution >= 0.6 is 11.8 Å². The molecule has 23 heavy (non-hydrogen) atoms. The van der Waals surface area contributed by atoms with E-state index in [0.29, 0.717) is 22.9 Å². The van der Waals surface area contributed by atoms with Crippen LogP contribution in [0.5, 0.6) is 17.2 Å². The van der Waals surface area contributed by atoms with Gasteiger partial charge in [0.15, 0.2) is 18.1 Å². The Kier molecular flexibility index (Phi) is 6.17. The SMILES string of the molecule is COc1ccc(NC(=O)COc2ccc(SC)cc2)cc1OC. The van der Waals surface area contributed by atoms with Crippen LogP contribution in [0.3, 0.4) is 0 Å². The van der Waals surface area contributed by atoms with Crippen LogP contribution in [0, 0.1) is 0 Å². The molecule has 0 aromatic heterocycles. The summed E-state index contributed by atoms with van der Waals surface area (Å²) in [7, 11) is 3.11. The topological polar surface area (TPSA) is 56.8 Å². The summed E-state index contributed by atoms with van der Waals surface area (Å²) in [4.78, 5) is 13.1. The highest BCUT2D eigenvalue weighted by Gasteiger charge is 2.08. The zero-order valence-electron chi connectivity index (χ0n) is 13.3. The third kappa shape index (κ3) is 4.82. The van der Waals surface area contributed by atoms with Crippen molar-refractivity contribution < 1.29 is 19.0 Å². The van der Waals surface area contributed by atoms with Crippen molar-refractivity contribution in [3.63, 3.8) is 0 Å². The van der Waals surface area contributed by atoms with Gasteiger partial charge in [0.1, 0.15) is 5.75 Å². The first-order valence-electron chi connectivity index (χ1n) is 6.95. The molecular weight excluding hydrogens is 314 g/mol. The standard InChI is InChI=1S/C17H19NO4S/c1-20-15-9-4-12(10-16(15)21-2)18-17(19)11-22-13-5-7-14(23-3)8-6-13/h4-10H,11H2,1-3H3,(H,18,19). The second-order valence-corrected chi connectivity index (χ2v) is 5.46. The number of carbonyl (C=O) groups is 1. The Morgan fingerprint density at radius 1 is 1.04 bits per heavy atom. The van der Waals surface area contributed by atoms with E-state index in [2.05, 4.69) is 5.32 Å². The summed E-state index contributed by atoms with van der Waals surface area (Å²) in [6.07, 6.45) is 2.01. The number of hydrogen-bond donors (Lipinski definition) is 1. The van der Waals surface area contributed by atoms with E-state index in [-0.39, 0.29) is 12.5 Å². The van der Waals surface area contributed by atoms with Crippen LogP contribution in [0.1, 0.15) is 0 Å². The van der Waals surface area contributed by atoms with Crippen molar-refractivity contribution in [2.24, 2.45) is 0 Å². The van der Waals surface area contributed by atoms with Gasteiger partial charge in [0.25, 0.3) is 5.91 Å². The van der Waals surface area contributed by atoms with E-state index in [9.17, 15) is 4.79 Å². The van der Waals surface area contributed by atoms with Crippen LogP contribution in [0.25, 0.3) is 0 Å². The van der Waals surface area contributed by atoms with Gasteiger partial charge in [0.2, 0.25) is 0 Å². The van der Waals surface area contributed by atoms with E-state index in [1.165, 1.54) is 0 Å². The van der Waals surface area contributed by atoms with Gasteiger partial charge in [-0.2, -0.15) is 0 Å². The van der Waals surface area contributed by atoms with Crippen molar-refractivity contribution in [1.82, 2.24) is 0 Å². The minimum atomic E-state index is -0.244. The molecule has 0 atom stereocenters. The number of hydrogen-bond acceptors (Lipinski definition) is 5. The summed E-state index contributed by atoms with van der Waals surface area (Å²) < 4.78 is 15.8. The highest BCUT2D eigenvalue weighted by atomic mass is 32.2. The maximum Gasteiger partial charge on any atom is 0.262 e. The summed E-state index contributed by atoms with van der Waals surface area (Å²) in [5.41, 5.74) is 0.619. The van der Waals surface area contributed by atoms with Crippen molar-refractivity contribution in [1.29, 1.82) is 0 Å². The molecule has 2 aromatic rings. The average molecular weight is 333 g/mol. The first-order valence-corrected chi connectivity index (χ1v) is 8.17. The second-order valence-electron chi connectivity index (χ2n) is 4.58. The lowest BCUT2D eigenvalue weighted by Crippen LogP contribution is -2.20. The first kappa shape index (κ1) is 17.0. The highest BCUT2D eigenvalue weighted by molar-refractivity contribution is 7.98. The molecule has 122 valence electrons. The van der Waals surface area contributed by atoms with Gasteiger partial charge < -0.3 is 19.5 Å². The Hall–Kier alpha value is -2.34. The fourth-order valence-corrected chi connectivity index (χ4v) is 2.34. The van der Waals surface area contributed by atoms with Gasteiger partial charge in [-0.3, -0.25) is 4.79 Å². The molecule has 6 heteroatoms. The number of ether oxygens (including phenoxy) is 3. The van der Waals surface area contributed by atoms with Crippen LogP contribution in [0.4, 0.5) is 5.69 Å². The number of nitrogens with one attached hydrogen (secondary N) is 1. The fraction of sp³-hybridized carbons (Fsp3) is 0.235. The van der Waals surface area contributed by atoms with Gasteiger partial charge in [-0.1, -0.05) is 0 Å². The van der Waals surface area contributed by atoms with Crippen molar-refractivity contribution >= 4 is 23.4 Å². The quantitative estimate of drug-likeness (QED) is 0.787. The molecule has 0 aliphatic heterocycles. The summed E-state index contributed by atoms with van der Waals surface area (Å²) in [6, 6.07) is 12.8. The van der Waals surface area contributed by atoms with E-state index in [4.69, 9.17) is 14.2 Å². The highest BCUT2D eigenvalue weighted by Crippen LogP contribution is 2.29. The van der Waals surface area contributed by atoms with E-state index in [0.717, 1.165) is 4.90 Å². The van der Waals surface area contributed by atoms with Gasteiger partial charge in [0.05, 0.1) is 14.2 Å². The lowest BCUT2D eigenvalue weighted by molar-refractivity contribution is -0.118. The largest absolute Gasteiger partial charge is 0.493 e. The molecule has 1 N–H and O–H groups in total. The average Bonchev–Trinajstić information content (AvgIpc) is 2.60. The molecule has 5 nitrogen and oxygen atoms in total. The van der Waals surface area contributed by atoms with E-state index < -0.39 is 0 Å². The van der Waals surface area contributed by atoms with Crippen LogP contribution < -0.4 is 19.5 Å². The van der Waals surface area contributed by atoms with Crippen molar-refractivity contribution in [2.75, 3.05) is 32.4 Å². The molecule has 0 saturated carbocycles. The van der Waals surface area contributed by atoms with Crippen molar-refractivity contribution in [2.45, 2.75) is 4.90 Å². The van der Waals surface area contributed by atoms with Crippen LogP contribution in [-0.4, -0.2) is 33.0 Å². The lowest BCUT2D eigenvalue weighted by atomic mass is 10.2. The molecule has 0 radical (unpaired) electrons. The molecule has 0 heterocycles. The molecule has 0 fully saturated rings. The number of methoxy groups -OCH3 is 2. The maximum absolute atomic E-state index is 12.0. The molecule has 0 spiro atoms. The molecule has 2 aromatic carbocycles. The number of rotatable bonds is 7. The van der Waals surface area contributed by atoms with Crippen LogP contribution in [-0.2, 0) is 4.79 Å². The molecule has 2 rings (SSSR count). The molecule has 0 aliphatic rings. The molecule has 0 unspecified atom stereocenters. The molecule has 0 bridgehead atoms. The number of thioether (sulfide) groups is 1. The van der Waals surface area contributed by atoms with Crippen LogP contribution in [0.2, 0.25) is 0 Å². The van der Waals surface area contributed by atoms with Gasteiger partial charge in [0, 0.05) is 16.6 Å². The minimum Gasteiger partial charge on any atom is -0.493 e. The second kappa shape index (κ2) is 8.33. The summed E-state index contributed by atoms with van der Waals surface area (Å²) in [5, 5.41) is 2.76. The first-order chi connectivity index (χ1) is 11.2. The van der Waals surface area contributed by atoms with E-state index in [1.54, 1.807) is 44.2 Å². The Labute approximate surface area is 139 Å². The van der Waals surface area contributed by atoms with Crippen molar-refractivity contribution in [3.05, 3.63) is 42.5 Å². The maximum atomic E-state index is 12.0. The van der Waals surface area contributed by atoms with Gasteiger partial charge in [-0.25, -0.2) is 0 Å². The summed E-state index contributed by atoms with van der Waals surface area (Å²) >= 11 is 1.65. The predicted octanol–water partition coefficient (Wildman–Crippen LogP) is 3.44. The van der Waals surface area contributed by atoms with Gasteiger partial charge in [-0.05, 0) is 42.7 Å². The fourth-order valence-electron chi connectivity index (χ4n) is 1.93. The summed E-state index contributed by atoms with van der Waals surface area (Å²) in [5.74, 6) is 1.57. The zero-order chi connectivity index (χ0) is 16.7. The number of amides is 1. The van der Waals surface area contributed by atoms with Gasteiger partial charge >= 0.3 is 0 Å². The smallest absolute Gasteiger partial charge is 0.262 e. The Bertz CT molecular complexity index is 658. The van der Waals surface area contributed by atoms with Crippen LogP contribution in [0.15, 0.2) is 47.4 Å². The Balaban J connectivity index is 1.91. The van der Waals surface area contributed by atoms with Gasteiger partial charge in [-0.15, -0.1) is 11.8 Å². The number of anilines is 1. The molecule has 0 saturated heterocycles. The zero-order valence-corrected chi connectivity index (χ0v) is 14.1. The number of benzene rings is 2. The van der Waals surface area contributed by atoms with E-state index in [1.807, 2.05) is 30.5 Å². The summed E-state index contributed by atoms with van der Waals surface area (Å²) in [6.45, 7) is -0.0625. The molecule has 0 aliphatic carbocycles. The monoisotopic (exact) mass is 333 g/mol. The Morgan fingerprint density at radius 2 is 1.74 bits per heavy atom. The molecular formula is C17H19NO4S. The van der Waals surface area contributed by atoms with Crippen molar-refractivity contribution in [3.8, 4) is 17.2 Å². The third-order valence-corrected chi connectivity index (χ3v) is 3.84. The third-order valence-electron chi connectivity index (χ3n) is 3.10. The minimum absolute atomic E-state index is 0.0625. The molecule has 1 amide bonds. The predicted molar refractivity (Wildman–Crippen MR) is 91.9 cm³/mol. The lowest BCUT2D eigenvalue weighted by Gasteiger charge is -2.11. The normalized spacial score (nSPS) is 10.0.